The van der Waals surface area contributed by atoms with Crippen LogP contribution in [0.25, 0.3) is 6.08 Å². The van der Waals surface area contributed by atoms with Crippen LogP contribution in [0, 0.1) is 0 Å². The summed E-state index contributed by atoms with van der Waals surface area (Å²) in [6.07, 6.45) is 8.28. The van der Waals surface area contributed by atoms with E-state index in [1.807, 2.05) is 12.1 Å². The number of amides is 1. The van der Waals surface area contributed by atoms with E-state index in [1.165, 1.54) is 16.7 Å². The number of carbonyl (C=O) groups excluding carboxylic acids is 1. The molecular formula is C21H16N4O3S. The van der Waals surface area contributed by atoms with Gasteiger partial charge in [0.15, 0.2) is 5.17 Å². The molecule has 1 saturated heterocycles. The van der Waals surface area contributed by atoms with Crippen molar-refractivity contribution >= 4 is 35.1 Å². The Morgan fingerprint density at radius 2 is 2.00 bits per heavy atom. The normalized spacial score (nSPS) is 17.1. The molecule has 0 atom stereocenters. The second-order valence-corrected chi connectivity index (χ2v) is 7.10. The summed E-state index contributed by atoms with van der Waals surface area (Å²) in [7, 11) is 0. The highest BCUT2D eigenvalue weighted by atomic mass is 32.2. The van der Waals surface area contributed by atoms with Gasteiger partial charge in [-0.05, 0) is 71.4 Å². The van der Waals surface area contributed by atoms with Gasteiger partial charge in [0.2, 0.25) is 0 Å². The van der Waals surface area contributed by atoms with Crippen molar-refractivity contribution in [3.05, 3.63) is 89.0 Å². The predicted molar refractivity (Wildman–Crippen MR) is 112 cm³/mol. The summed E-state index contributed by atoms with van der Waals surface area (Å²) in [6, 6.07) is 13.9. The number of carbonyl (C=O) groups is 1. The summed E-state index contributed by atoms with van der Waals surface area (Å²) in [5.74, 6) is 0.658. The average molecular weight is 404 g/mol. The first kappa shape index (κ1) is 18.7. The highest BCUT2D eigenvalue weighted by Gasteiger charge is 2.34. The molecule has 1 aromatic carbocycles. The first-order valence-electron chi connectivity index (χ1n) is 8.73. The van der Waals surface area contributed by atoms with Gasteiger partial charge in [0, 0.05) is 12.4 Å². The van der Waals surface area contributed by atoms with Crippen LogP contribution in [0.15, 0.2) is 86.7 Å². The van der Waals surface area contributed by atoms with Crippen molar-refractivity contribution in [2.75, 3.05) is 0 Å². The molecule has 1 amide bonds. The van der Waals surface area contributed by atoms with Gasteiger partial charge in [-0.1, -0.05) is 6.07 Å². The number of amidine groups is 1. The minimum atomic E-state index is -0.172. The van der Waals surface area contributed by atoms with Crippen LogP contribution in [0.1, 0.15) is 16.9 Å². The standard InChI is InChI=1S/C21H16N4O3S/c26-17-7-5-15(6-8-17)13-23-24-21-25(14-18-4-2-10-28-18)20(27)19(29-21)11-16-3-1-9-22-12-16/h1-13,26H,14H2/b19-11-,23-13+,24-21-. The Balaban J connectivity index is 1.60. The maximum atomic E-state index is 12.9. The van der Waals surface area contributed by atoms with Crippen molar-refractivity contribution in [3.63, 3.8) is 0 Å². The van der Waals surface area contributed by atoms with E-state index in [-0.39, 0.29) is 18.2 Å². The molecule has 1 aliphatic rings. The molecule has 3 aromatic rings. The first-order valence-corrected chi connectivity index (χ1v) is 9.54. The quantitative estimate of drug-likeness (QED) is 0.396. The summed E-state index contributed by atoms with van der Waals surface area (Å²) < 4.78 is 5.38. The Bertz CT molecular complexity index is 1070. The number of aromatic hydroxyl groups is 1. The van der Waals surface area contributed by atoms with Gasteiger partial charge in [0.1, 0.15) is 11.5 Å². The second kappa shape index (κ2) is 8.57. The maximum absolute atomic E-state index is 12.9. The zero-order valence-electron chi connectivity index (χ0n) is 15.2. The lowest BCUT2D eigenvalue weighted by molar-refractivity contribution is -0.122. The third-order valence-electron chi connectivity index (χ3n) is 4.01. The number of hydrogen-bond acceptors (Lipinski definition) is 7. The molecule has 29 heavy (non-hydrogen) atoms. The minimum absolute atomic E-state index is 0.172. The molecule has 0 aliphatic carbocycles. The van der Waals surface area contributed by atoms with E-state index in [9.17, 15) is 9.90 Å². The van der Waals surface area contributed by atoms with E-state index < -0.39 is 0 Å². The van der Waals surface area contributed by atoms with Crippen molar-refractivity contribution < 1.29 is 14.3 Å². The van der Waals surface area contributed by atoms with Gasteiger partial charge in [-0.25, -0.2) is 0 Å². The van der Waals surface area contributed by atoms with E-state index in [0.717, 1.165) is 11.1 Å². The molecule has 1 aliphatic heterocycles. The molecule has 2 aromatic heterocycles. The van der Waals surface area contributed by atoms with Gasteiger partial charge in [-0.2, -0.15) is 5.10 Å². The number of rotatable bonds is 5. The average Bonchev–Trinajstić information content (AvgIpc) is 3.35. The molecule has 144 valence electrons. The van der Waals surface area contributed by atoms with Crippen LogP contribution < -0.4 is 0 Å². The van der Waals surface area contributed by atoms with E-state index >= 15 is 0 Å². The van der Waals surface area contributed by atoms with Crippen LogP contribution in [0.2, 0.25) is 0 Å². The fourth-order valence-corrected chi connectivity index (χ4v) is 3.53. The maximum Gasteiger partial charge on any atom is 0.267 e. The largest absolute Gasteiger partial charge is 0.508 e. The number of hydrogen-bond donors (Lipinski definition) is 1. The Kier molecular flexibility index (Phi) is 5.53. The van der Waals surface area contributed by atoms with E-state index in [0.29, 0.717) is 15.8 Å². The summed E-state index contributed by atoms with van der Waals surface area (Å²) in [6.45, 7) is 0.261. The minimum Gasteiger partial charge on any atom is -0.508 e. The summed E-state index contributed by atoms with van der Waals surface area (Å²) in [5, 5.41) is 18.2. The molecule has 7 nitrogen and oxygen atoms in total. The summed E-state index contributed by atoms with van der Waals surface area (Å²) >= 11 is 1.25. The fraction of sp³-hybridized carbons (Fsp3) is 0.0476. The van der Waals surface area contributed by atoms with Crippen LogP contribution in [-0.2, 0) is 11.3 Å². The van der Waals surface area contributed by atoms with Crippen molar-refractivity contribution in [1.82, 2.24) is 9.88 Å². The van der Waals surface area contributed by atoms with Crippen LogP contribution >= 0.6 is 11.8 Å². The number of nitrogens with zero attached hydrogens (tertiary/aromatic N) is 4. The second-order valence-electron chi connectivity index (χ2n) is 6.09. The SMILES string of the molecule is O=C1/C(=C/c2cccnc2)S/C(=N\N=C\c2ccc(O)cc2)N1Cc1ccco1. The molecule has 0 spiro atoms. The Morgan fingerprint density at radius 3 is 2.72 bits per heavy atom. The third-order valence-corrected chi connectivity index (χ3v) is 5.00. The molecule has 0 saturated carbocycles. The van der Waals surface area contributed by atoms with Crippen LogP contribution in [0.3, 0.4) is 0 Å². The molecule has 0 unspecified atom stereocenters. The lowest BCUT2D eigenvalue weighted by atomic mass is 10.2. The Labute approximate surface area is 171 Å². The highest BCUT2D eigenvalue weighted by molar-refractivity contribution is 8.18. The number of thioether (sulfide) groups is 1. The molecule has 8 heteroatoms. The molecular weight excluding hydrogens is 388 g/mol. The van der Waals surface area contributed by atoms with Gasteiger partial charge in [-0.3, -0.25) is 14.7 Å². The Morgan fingerprint density at radius 1 is 1.14 bits per heavy atom. The highest BCUT2D eigenvalue weighted by Crippen LogP contribution is 2.33. The Hall–Kier alpha value is -3.65. The van der Waals surface area contributed by atoms with Crippen LogP contribution in [0.5, 0.6) is 5.75 Å². The summed E-state index contributed by atoms with van der Waals surface area (Å²) in [4.78, 5) is 19.1. The van der Waals surface area contributed by atoms with Gasteiger partial charge < -0.3 is 9.52 Å². The number of pyridine rings is 1. The lowest BCUT2D eigenvalue weighted by Crippen LogP contribution is -2.28. The van der Waals surface area contributed by atoms with Crippen molar-refractivity contribution in [2.24, 2.45) is 10.2 Å². The zero-order valence-corrected chi connectivity index (χ0v) is 16.0. The third kappa shape index (κ3) is 4.61. The van der Waals surface area contributed by atoms with E-state index in [1.54, 1.807) is 67.3 Å². The van der Waals surface area contributed by atoms with E-state index in [2.05, 4.69) is 15.2 Å². The smallest absolute Gasteiger partial charge is 0.267 e. The number of furan rings is 1. The van der Waals surface area contributed by atoms with Gasteiger partial charge in [0.25, 0.3) is 5.91 Å². The fourth-order valence-electron chi connectivity index (χ4n) is 2.60. The number of aromatic nitrogens is 1. The monoisotopic (exact) mass is 404 g/mol. The number of benzene rings is 1. The first-order chi connectivity index (χ1) is 14.2. The molecule has 0 radical (unpaired) electrons. The molecule has 0 bridgehead atoms. The lowest BCUT2D eigenvalue weighted by Gasteiger charge is -2.12. The van der Waals surface area contributed by atoms with Crippen molar-refractivity contribution in [3.8, 4) is 5.75 Å². The van der Waals surface area contributed by atoms with Gasteiger partial charge in [0.05, 0.1) is 23.9 Å². The molecule has 4 rings (SSSR count). The topological polar surface area (TPSA) is 91.3 Å². The van der Waals surface area contributed by atoms with E-state index in [4.69, 9.17) is 4.42 Å². The van der Waals surface area contributed by atoms with Crippen LogP contribution in [0.4, 0.5) is 0 Å². The molecule has 1 fully saturated rings. The number of phenolic OH excluding ortho intramolecular Hbond substituents is 1. The van der Waals surface area contributed by atoms with Crippen LogP contribution in [-0.4, -0.2) is 32.3 Å². The van der Waals surface area contributed by atoms with Crippen molar-refractivity contribution in [2.45, 2.75) is 6.54 Å². The summed E-state index contributed by atoms with van der Waals surface area (Å²) in [5.41, 5.74) is 1.61. The van der Waals surface area contributed by atoms with Crippen molar-refractivity contribution in [1.29, 1.82) is 0 Å². The number of phenols is 1. The predicted octanol–water partition coefficient (Wildman–Crippen LogP) is 3.89. The van der Waals surface area contributed by atoms with Gasteiger partial charge >= 0.3 is 0 Å². The zero-order chi connectivity index (χ0) is 20.1. The molecule has 1 N–H and O–H groups in total. The molecule has 3 heterocycles. The van der Waals surface area contributed by atoms with Gasteiger partial charge in [-0.15, -0.1) is 5.10 Å².